The standard InChI is InChI=1S/C51H32N4O/c52-31-34-29-30-37(36-20-8-7-19-35(34)36)40-23-13-27-44-46(40)56-47-41(50-54-48(32-15-3-1-4-16-32)53-49(55-50)33-17-5-2-6-18-33)24-14-28-45(47)51(44)42-25-11-9-21-38(42)39-22-10-12-26-43(39)51/h1-30,48H,(H,53,54,55). The monoisotopic (exact) mass is 716 g/mol. The number of hydrogen-bond acceptors (Lipinski definition) is 5. The molecule has 0 saturated heterocycles. The number of hydrogen-bond donors (Lipinski definition) is 1. The van der Waals surface area contributed by atoms with Crippen molar-refractivity contribution in [3.05, 3.63) is 226 Å². The number of para-hydroxylation sites is 2. The van der Waals surface area contributed by atoms with Gasteiger partial charge in [0.25, 0.3) is 0 Å². The van der Waals surface area contributed by atoms with Crippen LogP contribution in [0.25, 0.3) is 33.0 Å². The summed E-state index contributed by atoms with van der Waals surface area (Å²) >= 11 is 0. The number of nitriles is 1. The second kappa shape index (κ2) is 12.5. The highest BCUT2D eigenvalue weighted by Gasteiger charge is 2.52. The van der Waals surface area contributed by atoms with Gasteiger partial charge in [0.1, 0.15) is 23.2 Å². The van der Waals surface area contributed by atoms with Gasteiger partial charge in [-0.2, -0.15) is 5.26 Å². The van der Waals surface area contributed by atoms with E-state index < -0.39 is 11.6 Å². The van der Waals surface area contributed by atoms with E-state index in [1.165, 1.54) is 22.3 Å². The van der Waals surface area contributed by atoms with Crippen LogP contribution in [-0.2, 0) is 5.41 Å². The van der Waals surface area contributed by atoms with Crippen LogP contribution in [0.4, 0.5) is 0 Å². The molecule has 3 aliphatic rings. The van der Waals surface area contributed by atoms with E-state index in [0.717, 1.165) is 67.1 Å². The van der Waals surface area contributed by atoms with Gasteiger partial charge in [0, 0.05) is 27.6 Å². The first kappa shape index (κ1) is 31.9. The summed E-state index contributed by atoms with van der Waals surface area (Å²) in [6, 6.07) is 65.4. The third-order valence-corrected chi connectivity index (χ3v) is 11.5. The Morgan fingerprint density at radius 2 is 1.00 bits per heavy atom. The highest BCUT2D eigenvalue weighted by Crippen LogP contribution is 2.63. The van der Waals surface area contributed by atoms with Crippen LogP contribution in [0, 0.1) is 11.3 Å². The molecule has 8 aromatic rings. The van der Waals surface area contributed by atoms with Crippen molar-refractivity contribution in [2.24, 2.45) is 9.98 Å². The number of aliphatic imine (C=N–C) groups is 2. The van der Waals surface area contributed by atoms with Gasteiger partial charge >= 0.3 is 0 Å². The minimum Gasteiger partial charge on any atom is -0.455 e. The average molecular weight is 717 g/mol. The third kappa shape index (κ3) is 4.60. The summed E-state index contributed by atoms with van der Waals surface area (Å²) in [7, 11) is 0. The third-order valence-electron chi connectivity index (χ3n) is 11.5. The lowest BCUT2D eigenvalue weighted by atomic mass is 9.65. The van der Waals surface area contributed by atoms with Crippen LogP contribution in [-0.4, -0.2) is 11.7 Å². The van der Waals surface area contributed by atoms with E-state index in [0.29, 0.717) is 11.4 Å². The molecule has 0 bridgehead atoms. The van der Waals surface area contributed by atoms with Gasteiger partial charge in [-0.1, -0.05) is 170 Å². The molecule has 1 aliphatic carbocycles. The highest BCUT2D eigenvalue weighted by atomic mass is 16.5. The van der Waals surface area contributed by atoms with Crippen molar-refractivity contribution in [1.29, 1.82) is 5.26 Å². The van der Waals surface area contributed by atoms with E-state index in [9.17, 15) is 5.26 Å². The fourth-order valence-corrected chi connectivity index (χ4v) is 9.08. The number of nitrogens with zero attached hydrogens (tertiary/aromatic N) is 3. The van der Waals surface area contributed by atoms with Gasteiger partial charge in [0.15, 0.2) is 6.17 Å². The van der Waals surface area contributed by atoms with Crippen molar-refractivity contribution in [2.75, 3.05) is 0 Å². The molecule has 2 heterocycles. The molecule has 1 spiro atoms. The summed E-state index contributed by atoms with van der Waals surface area (Å²) in [5, 5.41) is 15.6. The molecule has 2 aliphatic heterocycles. The van der Waals surface area contributed by atoms with E-state index in [4.69, 9.17) is 14.7 Å². The maximum absolute atomic E-state index is 10.1. The van der Waals surface area contributed by atoms with Gasteiger partial charge in [-0.05, 0) is 50.9 Å². The largest absolute Gasteiger partial charge is 0.455 e. The van der Waals surface area contributed by atoms with Crippen molar-refractivity contribution in [3.8, 4) is 39.8 Å². The topological polar surface area (TPSA) is 69.8 Å². The van der Waals surface area contributed by atoms with Crippen molar-refractivity contribution in [3.63, 3.8) is 0 Å². The normalized spacial score (nSPS) is 15.6. The molecule has 0 saturated carbocycles. The molecular weight excluding hydrogens is 685 g/mol. The van der Waals surface area contributed by atoms with Crippen LogP contribution in [0.1, 0.15) is 50.7 Å². The zero-order chi connectivity index (χ0) is 37.2. The minimum atomic E-state index is -0.699. The van der Waals surface area contributed by atoms with Crippen LogP contribution in [0.15, 0.2) is 192 Å². The maximum Gasteiger partial charge on any atom is 0.169 e. The lowest BCUT2D eigenvalue weighted by Gasteiger charge is -2.41. The molecule has 0 amide bonds. The number of benzene rings is 8. The number of amidine groups is 2. The number of ether oxygens (including phenoxy) is 1. The van der Waals surface area contributed by atoms with E-state index in [1.54, 1.807) is 0 Å². The van der Waals surface area contributed by atoms with Gasteiger partial charge in [-0.3, -0.25) is 0 Å². The van der Waals surface area contributed by atoms with E-state index in [1.807, 2.05) is 60.7 Å². The van der Waals surface area contributed by atoms with Crippen LogP contribution in [0.2, 0.25) is 0 Å². The smallest absolute Gasteiger partial charge is 0.169 e. The van der Waals surface area contributed by atoms with Crippen LogP contribution in [0.5, 0.6) is 11.5 Å². The van der Waals surface area contributed by atoms with E-state index in [2.05, 4.69) is 133 Å². The Bertz CT molecular complexity index is 2950. The first-order chi connectivity index (χ1) is 27.7. The molecule has 5 heteroatoms. The highest BCUT2D eigenvalue weighted by molar-refractivity contribution is 6.17. The number of rotatable bonds is 4. The Morgan fingerprint density at radius 3 is 1.70 bits per heavy atom. The second-order valence-electron chi connectivity index (χ2n) is 14.4. The Hall–Kier alpha value is -7.55. The zero-order valence-electron chi connectivity index (χ0n) is 30.1. The SMILES string of the molecule is N#Cc1ccc(-c2cccc3c2Oc2c(C4=NC(c5ccccc5)N=C(c5ccccc5)N4)cccc2C32c3ccccc3-c3ccccc32)c2ccccc12. The van der Waals surface area contributed by atoms with E-state index >= 15 is 0 Å². The van der Waals surface area contributed by atoms with Gasteiger partial charge < -0.3 is 10.1 Å². The molecule has 11 rings (SSSR count). The predicted octanol–water partition coefficient (Wildman–Crippen LogP) is 11.3. The molecule has 0 radical (unpaired) electrons. The molecule has 0 aromatic heterocycles. The van der Waals surface area contributed by atoms with Crippen molar-refractivity contribution in [2.45, 2.75) is 11.6 Å². The summed E-state index contributed by atoms with van der Waals surface area (Å²) in [4.78, 5) is 10.4. The van der Waals surface area contributed by atoms with Crippen molar-refractivity contribution in [1.82, 2.24) is 5.32 Å². The second-order valence-corrected chi connectivity index (χ2v) is 14.4. The number of nitrogens with one attached hydrogen (secondary N) is 1. The van der Waals surface area contributed by atoms with Crippen LogP contribution in [0.3, 0.4) is 0 Å². The molecule has 1 N–H and O–H groups in total. The quantitative estimate of drug-likeness (QED) is 0.197. The van der Waals surface area contributed by atoms with Gasteiger partial charge in [0.2, 0.25) is 0 Å². The van der Waals surface area contributed by atoms with Crippen LogP contribution >= 0.6 is 0 Å². The molecule has 0 fully saturated rings. The molecule has 1 atom stereocenters. The van der Waals surface area contributed by atoms with Crippen molar-refractivity contribution >= 4 is 22.4 Å². The maximum atomic E-state index is 10.1. The Balaban J connectivity index is 1.21. The minimum absolute atomic E-state index is 0.461. The molecule has 5 nitrogen and oxygen atoms in total. The summed E-state index contributed by atoms with van der Waals surface area (Å²) < 4.78 is 7.43. The average Bonchev–Trinajstić information content (AvgIpc) is 3.57. The lowest BCUT2D eigenvalue weighted by Crippen LogP contribution is -2.38. The summed E-state index contributed by atoms with van der Waals surface area (Å²) in [6.07, 6.45) is -0.461. The first-order valence-electron chi connectivity index (χ1n) is 18.8. The Morgan fingerprint density at radius 1 is 0.464 bits per heavy atom. The Labute approximate surface area is 324 Å². The zero-order valence-corrected chi connectivity index (χ0v) is 30.1. The predicted molar refractivity (Wildman–Crippen MR) is 223 cm³/mol. The molecule has 262 valence electrons. The van der Waals surface area contributed by atoms with Crippen molar-refractivity contribution < 1.29 is 4.74 Å². The van der Waals surface area contributed by atoms with Crippen LogP contribution < -0.4 is 10.1 Å². The van der Waals surface area contributed by atoms with Gasteiger partial charge in [0.05, 0.1) is 22.6 Å². The fourth-order valence-electron chi connectivity index (χ4n) is 9.08. The van der Waals surface area contributed by atoms with Gasteiger partial charge in [-0.25, -0.2) is 9.98 Å². The molecule has 8 aromatic carbocycles. The molecule has 56 heavy (non-hydrogen) atoms. The van der Waals surface area contributed by atoms with E-state index in [-0.39, 0.29) is 0 Å². The van der Waals surface area contributed by atoms with Gasteiger partial charge in [-0.15, -0.1) is 0 Å². The number of fused-ring (bicyclic) bond motifs is 10. The lowest BCUT2D eigenvalue weighted by molar-refractivity contribution is 0.437. The summed E-state index contributed by atoms with van der Waals surface area (Å²) in [5.74, 6) is 2.95. The summed E-state index contributed by atoms with van der Waals surface area (Å²) in [6.45, 7) is 0. The molecular formula is C51H32N4O. The fraction of sp³-hybridized carbons (Fsp3) is 0.0392. The Kier molecular flexibility index (Phi) is 7.14. The summed E-state index contributed by atoms with van der Waals surface area (Å²) in [5.41, 5.74) is 11.7. The first-order valence-corrected chi connectivity index (χ1v) is 18.8. The molecule has 1 unspecified atom stereocenters.